The molecule has 0 unspecified atom stereocenters. The third kappa shape index (κ3) is 1.83. The zero-order valence-electron chi connectivity index (χ0n) is 11.1. The molecule has 0 saturated heterocycles. The molecule has 0 saturated carbocycles. The van der Waals surface area contributed by atoms with Gasteiger partial charge in [0.15, 0.2) is 0 Å². The molecule has 19 heavy (non-hydrogen) atoms. The highest BCUT2D eigenvalue weighted by atomic mass is 14.8. The molecule has 2 heterocycles. The number of nitrogens with zero attached hydrogens (tertiary/aromatic N) is 2. The van der Waals surface area contributed by atoms with Crippen molar-refractivity contribution in [3.05, 3.63) is 54.1 Å². The first-order valence-electron chi connectivity index (χ1n) is 6.23. The second-order valence-corrected chi connectivity index (χ2v) is 4.62. The molecule has 3 nitrogen and oxygen atoms in total. The van der Waals surface area contributed by atoms with E-state index in [0.717, 1.165) is 28.2 Å². The Labute approximate surface area is 112 Å². The Morgan fingerprint density at radius 3 is 2.68 bits per heavy atom. The SMILES string of the molecule is C=Cc1[nH]c2cc(-c3nccnc3C)ccc2c1C. The normalized spacial score (nSPS) is 10.8. The molecule has 3 heteroatoms. The molecule has 0 aliphatic heterocycles. The highest BCUT2D eigenvalue weighted by molar-refractivity contribution is 5.90. The second-order valence-electron chi connectivity index (χ2n) is 4.62. The van der Waals surface area contributed by atoms with E-state index in [0.29, 0.717) is 0 Å². The zero-order valence-corrected chi connectivity index (χ0v) is 11.1. The van der Waals surface area contributed by atoms with Crippen LogP contribution in [0.4, 0.5) is 0 Å². The van der Waals surface area contributed by atoms with Crippen molar-refractivity contribution in [1.29, 1.82) is 0 Å². The fourth-order valence-corrected chi connectivity index (χ4v) is 2.40. The summed E-state index contributed by atoms with van der Waals surface area (Å²) >= 11 is 0. The molecule has 3 aromatic rings. The standard InChI is InChI=1S/C16H15N3/c1-4-14-10(2)13-6-5-12(9-15(13)19-14)16-11(3)17-7-8-18-16/h4-9,19H,1H2,2-3H3. The first-order chi connectivity index (χ1) is 9.20. The molecule has 0 amide bonds. The van der Waals surface area contributed by atoms with Gasteiger partial charge in [0.2, 0.25) is 0 Å². The molecule has 0 atom stereocenters. The van der Waals surface area contributed by atoms with Gasteiger partial charge >= 0.3 is 0 Å². The van der Waals surface area contributed by atoms with E-state index in [1.807, 2.05) is 13.0 Å². The van der Waals surface area contributed by atoms with E-state index in [4.69, 9.17) is 0 Å². The third-order valence-electron chi connectivity index (χ3n) is 3.46. The first kappa shape index (κ1) is 11.7. The smallest absolute Gasteiger partial charge is 0.0915 e. The summed E-state index contributed by atoms with van der Waals surface area (Å²) in [5, 5.41) is 1.22. The third-order valence-corrected chi connectivity index (χ3v) is 3.46. The van der Waals surface area contributed by atoms with Crippen LogP contribution in [0.3, 0.4) is 0 Å². The van der Waals surface area contributed by atoms with E-state index >= 15 is 0 Å². The van der Waals surface area contributed by atoms with E-state index < -0.39 is 0 Å². The molecule has 94 valence electrons. The van der Waals surface area contributed by atoms with Gasteiger partial charge in [0.25, 0.3) is 0 Å². The lowest BCUT2D eigenvalue weighted by Gasteiger charge is -2.03. The molecular weight excluding hydrogens is 234 g/mol. The van der Waals surface area contributed by atoms with E-state index in [-0.39, 0.29) is 0 Å². The van der Waals surface area contributed by atoms with E-state index in [2.05, 4.69) is 46.7 Å². The summed E-state index contributed by atoms with van der Waals surface area (Å²) in [4.78, 5) is 12.1. The van der Waals surface area contributed by atoms with Crippen molar-refractivity contribution in [2.75, 3.05) is 0 Å². The summed E-state index contributed by atoms with van der Waals surface area (Å²) < 4.78 is 0. The Morgan fingerprint density at radius 1 is 1.16 bits per heavy atom. The van der Waals surface area contributed by atoms with Crippen LogP contribution in [-0.4, -0.2) is 15.0 Å². The number of rotatable bonds is 2. The van der Waals surface area contributed by atoms with Gasteiger partial charge < -0.3 is 4.98 Å². The summed E-state index contributed by atoms with van der Waals surface area (Å²) in [5.74, 6) is 0. The number of H-pyrrole nitrogens is 1. The lowest BCUT2D eigenvalue weighted by molar-refractivity contribution is 1.12. The van der Waals surface area contributed by atoms with Crippen LogP contribution in [-0.2, 0) is 0 Å². The van der Waals surface area contributed by atoms with Crippen molar-refractivity contribution in [2.24, 2.45) is 0 Å². The largest absolute Gasteiger partial charge is 0.355 e. The van der Waals surface area contributed by atoms with E-state index in [9.17, 15) is 0 Å². The molecule has 0 fully saturated rings. The quantitative estimate of drug-likeness (QED) is 0.748. The average molecular weight is 249 g/mol. The number of aromatic nitrogens is 3. The maximum absolute atomic E-state index is 4.41. The predicted molar refractivity (Wildman–Crippen MR) is 78.9 cm³/mol. The minimum Gasteiger partial charge on any atom is -0.355 e. The number of hydrogen-bond acceptors (Lipinski definition) is 2. The number of hydrogen-bond donors (Lipinski definition) is 1. The number of fused-ring (bicyclic) bond motifs is 1. The van der Waals surface area contributed by atoms with Gasteiger partial charge in [-0.2, -0.15) is 0 Å². The van der Waals surface area contributed by atoms with Gasteiger partial charge in [-0.25, -0.2) is 0 Å². The molecule has 0 spiro atoms. The van der Waals surface area contributed by atoms with Gasteiger partial charge in [0.1, 0.15) is 0 Å². The van der Waals surface area contributed by atoms with Crippen molar-refractivity contribution in [3.8, 4) is 11.3 Å². The van der Waals surface area contributed by atoms with Crippen molar-refractivity contribution >= 4 is 17.0 Å². The second kappa shape index (κ2) is 4.35. The lowest BCUT2D eigenvalue weighted by atomic mass is 10.1. The maximum Gasteiger partial charge on any atom is 0.0915 e. The van der Waals surface area contributed by atoms with Crippen LogP contribution in [0.15, 0.2) is 37.2 Å². The molecule has 0 aliphatic rings. The predicted octanol–water partition coefficient (Wildman–Crippen LogP) is 3.88. The fourth-order valence-electron chi connectivity index (χ4n) is 2.40. The summed E-state index contributed by atoms with van der Waals surface area (Å²) in [5.41, 5.74) is 6.35. The minimum absolute atomic E-state index is 0.928. The van der Waals surface area contributed by atoms with Gasteiger partial charge in [-0.1, -0.05) is 18.7 Å². The average Bonchev–Trinajstić information content (AvgIpc) is 2.75. The van der Waals surface area contributed by atoms with Crippen molar-refractivity contribution in [3.63, 3.8) is 0 Å². The summed E-state index contributed by atoms with van der Waals surface area (Å²) in [7, 11) is 0. The Bertz CT molecular complexity index is 769. The van der Waals surface area contributed by atoms with E-state index in [1.165, 1.54) is 10.9 Å². The number of nitrogens with one attached hydrogen (secondary N) is 1. The Morgan fingerprint density at radius 2 is 1.95 bits per heavy atom. The van der Waals surface area contributed by atoms with Crippen LogP contribution < -0.4 is 0 Å². The maximum atomic E-state index is 4.41. The van der Waals surface area contributed by atoms with Gasteiger partial charge in [-0.15, -0.1) is 0 Å². The molecule has 1 N–H and O–H groups in total. The first-order valence-corrected chi connectivity index (χ1v) is 6.23. The Kier molecular flexibility index (Phi) is 2.67. The topological polar surface area (TPSA) is 41.6 Å². The molecule has 0 aliphatic carbocycles. The molecule has 2 aromatic heterocycles. The van der Waals surface area contributed by atoms with Crippen LogP contribution >= 0.6 is 0 Å². The van der Waals surface area contributed by atoms with Crippen molar-refractivity contribution in [2.45, 2.75) is 13.8 Å². The van der Waals surface area contributed by atoms with Crippen molar-refractivity contribution in [1.82, 2.24) is 15.0 Å². The fraction of sp³-hybridized carbons (Fsp3) is 0.125. The highest BCUT2D eigenvalue weighted by Crippen LogP contribution is 2.27. The highest BCUT2D eigenvalue weighted by Gasteiger charge is 2.08. The zero-order chi connectivity index (χ0) is 13.4. The van der Waals surface area contributed by atoms with Crippen LogP contribution in [0.1, 0.15) is 17.0 Å². The lowest BCUT2D eigenvalue weighted by Crippen LogP contribution is -1.90. The molecule has 1 aromatic carbocycles. The summed E-state index contributed by atoms with van der Waals surface area (Å²) in [6, 6.07) is 6.33. The van der Waals surface area contributed by atoms with Crippen LogP contribution in [0.25, 0.3) is 28.2 Å². The van der Waals surface area contributed by atoms with Gasteiger partial charge in [0, 0.05) is 34.6 Å². The Hall–Kier alpha value is -2.42. The number of aromatic amines is 1. The molecular formula is C16H15N3. The minimum atomic E-state index is 0.928. The van der Waals surface area contributed by atoms with E-state index in [1.54, 1.807) is 12.4 Å². The van der Waals surface area contributed by atoms with Gasteiger partial charge in [-0.05, 0) is 31.6 Å². The van der Waals surface area contributed by atoms with Crippen LogP contribution in [0.2, 0.25) is 0 Å². The summed E-state index contributed by atoms with van der Waals surface area (Å²) in [6.07, 6.45) is 5.29. The van der Waals surface area contributed by atoms with Crippen molar-refractivity contribution < 1.29 is 0 Å². The van der Waals surface area contributed by atoms with Gasteiger partial charge in [-0.3, -0.25) is 9.97 Å². The van der Waals surface area contributed by atoms with Gasteiger partial charge in [0.05, 0.1) is 11.4 Å². The number of benzene rings is 1. The van der Waals surface area contributed by atoms with Crippen LogP contribution in [0, 0.1) is 13.8 Å². The molecule has 0 bridgehead atoms. The van der Waals surface area contributed by atoms with Crippen LogP contribution in [0.5, 0.6) is 0 Å². The Balaban J connectivity index is 2.22. The number of aryl methyl sites for hydroxylation is 2. The molecule has 3 rings (SSSR count). The monoisotopic (exact) mass is 249 g/mol. The summed E-state index contributed by atoms with van der Waals surface area (Å²) in [6.45, 7) is 7.90. The molecule has 0 radical (unpaired) electrons.